The van der Waals surface area contributed by atoms with Gasteiger partial charge in [-0.15, -0.1) is 0 Å². The highest BCUT2D eigenvalue weighted by molar-refractivity contribution is 5.32. The van der Waals surface area contributed by atoms with Crippen molar-refractivity contribution in [1.29, 1.82) is 5.26 Å². The summed E-state index contributed by atoms with van der Waals surface area (Å²) in [4.78, 5) is 0. The summed E-state index contributed by atoms with van der Waals surface area (Å²) in [5, 5.41) is 11.9. The molecule has 0 heterocycles. The molecular formula is C12H16N2. The Balaban J connectivity index is 2.75. The van der Waals surface area contributed by atoms with E-state index in [0.717, 1.165) is 12.0 Å². The molecule has 2 heteroatoms. The number of nitrogens with zero attached hydrogens (tertiary/aromatic N) is 1. The summed E-state index contributed by atoms with van der Waals surface area (Å²) in [7, 11) is 1.96. The third-order valence-corrected chi connectivity index (χ3v) is 2.41. The van der Waals surface area contributed by atoms with Crippen molar-refractivity contribution in [3.8, 4) is 6.07 Å². The smallest absolute Gasteiger partial charge is 0.0991 e. The van der Waals surface area contributed by atoms with Gasteiger partial charge in [0.15, 0.2) is 0 Å². The molecule has 0 atom stereocenters. The van der Waals surface area contributed by atoms with Gasteiger partial charge in [0.25, 0.3) is 0 Å². The monoisotopic (exact) mass is 188 g/mol. The van der Waals surface area contributed by atoms with Gasteiger partial charge < -0.3 is 5.32 Å². The first-order chi connectivity index (χ1) is 6.57. The first-order valence-corrected chi connectivity index (χ1v) is 4.75. The van der Waals surface area contributed by atoms with Crippen molar-refractivity contribution in [2.75, 3.05) is 7.05 Å². The summed E-state index contributed by atoms with van der Waals surface area (Å²) in [6, 6.07) is 9.86. The van der Waals surface area contributed by atoms with Crippen LogP contribution in [0.1, 0.15) is 25.0 Å². The zero-order valence-electron chi connectivity index (χ0n) is 8.96. The van der Waals surface area contributed by atoms with Gasteiger partial charge in [0.1, 0.15) is 0 Å². The Labute approximate surface area is 85.6 Å². The molecule has 0 aliphatic rings. The van der Waals surface area contributed by atoms with E-state index in [4.69, 9.17) is 5.26 Å². The highest BCUT2D eigenvalue weighted by Crippen LogP contribution is 2.12. The third-order valence-electron chi connectivity index (χ3n) is 2.41. The predicted molar refractivity (Wildman–Crippen MR) is 58.0 cm³/mol. The first-order valence-electron chi connectivity index (χ1n) is 4.75. The summed E-state index contributed by atoms with van der Waals surface area (Å²) in [5.41, 5.74) is 2.08. The molecule has 2 nitrogen and oxygen atoms in total. The summed E-state index contributed by atoms with van der Waals surface area (Å²) < 4.78 is 0. The molecular weight excluding hydrogens is 172 g/mol. The average Bonchev–Trinajstić information content (AvgIpc) is 2.19. The lowest BCUT2D eigenvalue weighted by Crippen LogP contribution is -2.38. The number of likely N-dealkylation sites (N-methyl/N-ethyl adjacent to an activating group) is 1. The molecule has 0 fully saturated rings. The Morgan fingerprint density at radius 3 is 2.29 bits per heavy atom. The number of nitriles is 1. The van der Waals surface area contributed by atoms with Crippen molar-refractivity contribution in [2.45, 2.75) is 25.8 Å². The summed E-state index contributed by atoms with van der Waals surface area (Å²) in [6.07, 6.45) is 0.967. The van der Waals surface area contributed by atoms with Crippen LogP contribution in [-0.4, -0.2) is 12.6 Å². The van der Waals surface area contributed by atoms with E-state index in [0.29, 0.717) is 0 Å². The molecule has 0 aliphatic carbocycles. The van der Waals surface area contributed by atoms with E-state index in [9.17, 15) is 0 Å². The Morgan fingerprint density at radius 2 is 1.86 bits per heavy atom. The highest BCUT2D eigenvalue weighted by Gasteiger charge is 2.14. The second kappa shape index (κ2) is 4.26. The zero-order valence-corrected chi connectivity index (χ0v) is 8.96. The Bertz CT molecular complexity index is 330. The molecule has 0 aromatic heterocycles. The topological polar surface area (TPSA) is 35.8 Å². The maximum atomic E-state index is 8.64. The molecule has 0 unspecified atom stereocenters. The standard InChI is InChI=1S/C12H16N2/c1-12(2,14-3)8-10-4-6-11(9-13)7-5-10/h4-7,14H,8H2,1-3H3. The zero-order chi connectivity index (χ0) is 10.6. The number of hydrogen-bond donors (Lipinski definition) is 1. The van der Waals surface area contributed by atoms with E-state index in [2.05, 4.69) is 25.2 Å². The van der Waals surface area contributed by atoms with Crippen LogP contribution in [0.3, 0.4) is 0 Å². The van der Waals surface area contributed by atoms with E-state index < -0.39 is 0 Å². The van der Waals surface area contributed by atoms with Gasteiger partial charge >= 0.3 is 0 Å². The van der Waals surface area contributed by atoms with Crippen molar-refractivity contribution >= 4 is 0 Å². The lowest BCUT2D eigenvalue weighted by atomic mass is 9.95. The second-order valence-electron chi connectivity index (χ2n) is 4.12. The average molecular weight is 188 g/mol. The lowest BCUT2D eigenvalue weighted by Gasteiger charge is -2.23. The number of nitrogens with one attached hydrogen (secondary N) is 1. The molecule has 14 heavy (non-hydrogen) atoms. The molecule has 1 rings (SSSR count). The van der Waals surface area contributed by atoms with Crippen LogP contribution in [0.25, 0.3) is 0 Å². The Morgan fingerprint density at radius 1 is 1.29 bits per heavy atom. The first kappa shape index (κ1) is 10.7. The fourth-order valence-corrected chi connectivity index (χ4v) is 1.30. The van der Waals surface area contributed by atoms with Crippen LogP contribution < -0.4 is 5.32 Å². The van der Waals surface area contributed by atoms with Gasteiger partial charge in [0.2, 0.25) is 0 Å². The fraction of sp³-hybridized carbons (Fsp3) is 0.417. The van der Waals surface area contributed by atoms with Crippen LogP contribution >= 0.6 is 0 Å². The van der Waals surface area contributed by atoms with Crippen LogP contribution in [0.4, 0.5) is 0 Å². The van der Waals surface area contributed by atoms with Gasteiger partial charge in [0, 0.05) is 5.54 Å². The van der Waals surface area contributed by atoms with Crippen molar-refractivity contribution in [3.05, 3.63) is 35.4 Å². The Hall–Kier alpha value is -1.33. The van der Waals surface area contributed by atoms with Gasteiger partial charge in [-0.3, -0.25) is 0 Å². The molecule has 0 saturated carbocycles. The van der Waals surface area contributed by atoms with Crippen LogP contribution in [0.5, 0.6) is 0 Å². The predicted octanol–water partition coefficient (Wildman–Crippen LogP) is 2.10. The van der Waals surface area contributed by atoms with Crippen LogP contribution in [0.2, 0.25) is 0 Å². The van der Waals surface area contributed by atoms with Crippen molar-refractivity contribution in [2.24, 2.45) is 0 Å². The van der Waals surface area contributed by atoms with Gasteiger partial charge in [-0.1, -0.05) is 12.1 Å². The maximum Gasteiger partial charge on any atom is 0.0991 e. The minimum absolute atomic E-state index is 0.105. The molecule has 1 N–H and O–H groups in total. The van der Waals surface area contributed by atoms with Crippen molar-refractivity contribution < 1.29 is 0 Å². The van der Waals surface area contributed by atoms with Crippen LogP contribution in [0, 0.1) is 11.3 Å². The van der Waals surface area contributed by atoms with Crippen LogP contribution in [-0.2, 0) is 6.42 Å². The van der Waals surface area contributed by atoms with Crippen molar-refractivity contribution in [1.82, 2.24) is 5.32 Å². The molecule has 74 valence electrons. The quantitative estimate of drug-likeness (QED) is 0.788. The van der Waals surface area contributed by atoms with Crippen LogP contribution in [0.15, 0.2) is 24.3 Å². The van der Waals surface area contributed by atoms with Gasteiger partial charge in [-0.25, -0.2) is 0 Å². The van der Waals surface area contributed by atoms with Gasteiger partial charge in [-0.2, -0.15) is 5.26 Å². The highest BCUT2D eigenvalue weighted by atomic mass is 14.9. The molecule has 0 bridgehead atoms. The second-order valence-corrected chi connectivity index (χ2v) is 4.12. The van der Waals surface area contributed by atoms with Gasteiger partial charge in [0.05, 0.1) is 11.6 Å². The molecule has 0 saturated heterocycles. The largest absolute Gasteiger partial charge is 0.314 e. The molecule has 1 aromatic carbocycles. The molecule has 0 amide bonds. The summed E-state index contributed by atoms with van der Waals surface area (Å²) in [5.74, 6) is 0. The number of benzene rings is 1. The van der Waals surface area contributed by atoms with E-state index in [1.807, 2.05) is 31.3 Å². The molecule has 0 radical (unpaired) electrons. The number of hydrogen-bond acceptors (Lipinski definition) is 2. The SMILES string of the molecule is CNC(C)(C)Cc1ccc(C#N)cc1. The molecule has 0 spiro atoms. The molecule has 1 aromatic rings. The number of rotatable bonds is 3. The van der Waals surface area contributed by atoms with Gasteiger partial charge in [-0.05, 0) is 45.0 Å². The fourth-order valence-electron chi connectivity index (χ4n) is 1.30. The van der Waals surface area contributed by atoms with E-state index in [-0.39, 0.29) is 5.54 Å². The summed E-state index contributed by atoms with van der Waals surface area (Å²) >= 11 is 0. The van der Waals surface area contributed by atoms with E-state index >= 15 is 0 Å². The lowest BCUT2D eigenvalue weighted by molar-refractivity contribution is 0.422. The van der Waals surface area contributed by atoms with Crippen molar-refractivity contribution in [3.63, 3.8) is 0 Å². The van der Waals surface area contributed by atoms with E-state index in [1.54, 1.807) is 0 Å². The van der Waals surface area contributed by atoms with E-state index in [1.165, 1.54) is 5.56 Å². The normalized spacial score (nSPS) is 11.0. The maximum absolute atomic E-state index is 8.64. The minimum atomic E-state index is 0.105. The third kappa shape index (κ3) is 2.86. The summed E-state index contributed by atoms with van der Waals surface area (Å²) in [6.45, 7) is 4.32. The minimum Gasteiger partial charge on any atom is -0.314 e. The Kier molecular flexibility index (Phi) is 3.27. The molecule has 0 aliphatic heterocycles.